The van der Waals surface area contributed by atoms with Gasteiger partial charge in [-0.25, -0.2) is 0 Å². The molecule has 1 aliphatic carbocycles. The summed E-state index contributed by atoms with van der Waals surface area (Å²) < 4.78 is 1.84. The number of hydrogen-bond acceptors (Lipinski definition) is 3. The Hall–Kier alpha value is -1.36. The van der Waals surface area contributed by atoms with E-state index in [4.69, 9.17) is 11.5 Å². The van der Waals surface area contributed by atoms with E-state index in [1.807, 2.05) is 16.9 Å². The highest BCUT2D eigenvalue weighted by Crippen LogP contribution is 2.35. The van der Waals surface area contributed by atoms with Gasteiger partial charge < -0.3 is 11.5 Å². The van der Waals surface area contributed by atoms with Crippen LogP contribution in [0.4, 0.5) is 0 Å². The van der Waals surface area contributed by atoms with Crippen LogP contribution in [0.25, 0.3) is 0 Å². The lowest BCUT2D eigenvalue weighted by molar-refractivity contribution is -0.123. The van der Waals surface area contributed by atoms with Gasteiger partial charge in [0.1, 0.15) is 0 Å². The molecule has 1 saturated carbocycles. The molecule has 5 heteroatoms. The van der Waals surface area contributed by atoms with Crippen LogP contribution < -0.4 is 11.5 Å². The molecular weight excluding hydrogens is 180 g/mol. The standard InChI is InChI=1S/C9H14N4O/c10-8(14)9(11)3-2-7(6-9)13-5-1-4-12-13/h1,4-5,7H,2-3,6,11H2,(H2,10,14). The first-order valence-corrected chi connectivity index (χ1v) is 4.70. The second-order valence-corrected chi connectivity index (χ2v) is 3.90. The van der Waals surface area contributed by atoms with Gasteiger partial charge in [0.25, 0.3) is 0 Å². The number of carbonyl (C=O) groups is 1. The van der Waals surface area contributed by atoms with Crippen molar-refractivity contribution in [1.29, 1.82) is 0 Å². The van der Waals surface area contributed by atoms with Gasteiger partial charge in [-0.3, -0.25) is 9.48 Å². The van der Waals surface area contributed by atoms with Crippen molar-refractivity contribution in [3.05, 3.63) is 18.5 Å². The minimum Gasteiger partial charge on any atom is -0.368 e. The molecule has 1 aromatic rings. The quantitative estimate of drug-likeness (QED) is 0.683. The molecular formula is C9H14N4O. The highest BCUT2D eigenvalue weighted by Gasteiger charge is 2.41. The minimum absolute atomic E-state index is 0.211. The lowest BCUT2D eigenvalue weighted by Crippen LogP contribution is -2.49. The first-order chi connectivity index (χ1) is 6.62. The van der Waals surface area contributed by atoms with Crippen LogP contribution in [0.1, 0.15) is 25.3 Å². The van der Waals surface area contributed by atoms with Crippen molar-refractivity contribution < 1.29 is 4.79 Å². The predicted molar refractivity (Wildman–Crippen MR) is 51.2 cm³/mol. The summed E-state index contributed by atoms with van der Waals surface area (Å²) in [5, 5.41) is 4.13. The molecule has 5 nitrogen and oxygen atoms in total. The maximum absolute atomic E-state index is 11.1. The van der Waals surface area contributed by atoms with Gasteiger partial charge in [-0.1, -0.05) is 0 Å². The number of carbonyl (C=O) groups excluding carboxylic acids is 1. The van der Waals surface area contributed by atoms with Gasteiger partial charge in [0, 0.05) is 12.4 Å². The number of nitrogens with two attached hydrogens (primary N) is 2. The van der Waals surface area contributed by atoms with Crippen LogP contribution in [0.2, 0.25) is 0 Å². The summed E-state index contributed by atoms with van der Waals surface area (Å²) in [7, 11) is 0. The Kier molecular flexibility index (Phi) is 2.03. The summed E-state index contributed by atoms with van der Waals surface area (Å²) >= 11 is 0. The number of amides is 1. The monoisotopic (exact) mass is 194 g/mol. The topological polar surface area (TPSA) is 86.9 Å². The van der Waals surface area contributed by atoms with E-state index in [1.54, 1.807) is 6.20 Å². The van der Waals surface area contributed by atoms with Crippen LogP contribution >= 0.6 is 0 Å². The van der Waals surface area contributed by atoms with Crippen LogP contribution in [-0.4, -0.2) is 21.2 Å². The molecule has 2 rings (SSSR count). The molecule has 2 atom stereocenters. The zero-order valence-corrected chi connectivity index (χ0v) is 7.89. The highest BCUT2D eigenvalue weighted by atomic mass is 16.1. The van der Waals surface area contributed by atoms with Gasteiger partial charge in [-0.2, -0.15) is 5.10 Å². The van der Waals surface area contributed by atoms with Crippen LogP contribution in [-0.2, 0) is 4.79 Å². The van der Waals surface area contributed by atoms with Crippen molar-refractivity contribution in [2.75, 3.05) is 0 Å². The average molecular weight is 194 g/mol. The molecule has 1 heterocycles. The molecule has 76 valence electrons. The zero-order chi connectivity index (χ0) is 10.2. The molecule has 0 radical (unpaired) electrons. The van der Waals surface area contributed by atoms with Crippen molar-refractivity contribution in [2.45, 2.75) is 30.8 Å². The zero-order valence-electron chi connectivity index (χ0n) is 7.89. The van der Waals surface area contributed by atoms with E-state index in [9.17, 15) is 4.79 Å². The maximum Gasteiger partial charge on any atom is 0.237 e. The molecule has 0 aromatic carbocycles. The van der Waals surface area contributed by atoms with Crippen LogP contribution in [0.3, 0.4) is 0 Å². The molecule has 0 spiro atoms. The number of hydrogen-bond donors (Lipinski definition) is 2. The molecule has 4 N–H and O–H groups in total. The van der Waals surface area contributed by atoms with E-state index in [2.05, 4.69) is 5.10 Å². The minimum atomic E-state index is -0.837. The average Bonchev–Trinajstić information content (AvgIpc) is 2.72. The van der Waals surface area contributed by atoms with Crippen molar-refractivity contribution in [3.63, 3.8) is 0 Å². The number of primary amides is 1. The number of nitrogens with zero attached hydrogens (tertiary/aromatic N) is 2. The Bertz CT molecular complexity index is 335. The lowest BCUT2D eigenvalue weighted by Gasteiger charge is -2.19. The number of aromatic nitrogens is 2. The Morgan fingerprint density at radius 1 is 1.64 bits per heavy atom. The predicted octanol–water partition coefficient (Wildman–Crippen LogP) is -0.209. The second-order valence-electron chi connectivity index (χ2n) is 3.90. The van der Waals surface area contributed by atoms with E-state index < -0.39 is 11.4 Å². The van der Waals surface area contributed by atoms with Crippen molar-refractivity contribution in [2.24, 2.45) is 11.5 Å². The van der Waals surface area contributed by atoms with Gasteiger partial charge in [-0.05, 0) is 25.3 Å². The maximum atomic E-state index is 11.1. The summed E-state index contributed by atoms with van der Waals surface area (Å²) in [6.07, 6.45) is 5.70. The fourth-order valence-electron chi connectivity index (χ4n) is 1.99. The summed E-state index contributed by atoms with van der Waals surface area (Å²) in [5.74, 6) is -0.410. The highest BCUT2D eigenvalue weighted by molar-refractivity contribution is 5.84. The normalized spacial score (nSPS) is 31.9. The number of rotatable bonds is 2. The smallest absolute Gasteiger partial charge is 0.237 e. The van der Waals surface area contributed by atoms with Crippen LogP contribution in [0.5, 0.6) is 0 Å². The SMILES string of the molecule is NC(=O)C1(N)CCC(n2cccn2)C1. The van der Waals surface area contributed by atoms with E-state index in [1.165, 1.54) is 0 Å². The van der Waals surface area contributed by atoms with E-state index in [0.29, 0.717) is 12.8 Å². The first kappa shape index (κ1) is 9.21. The summed E-state index contributed by atoms with van der Waals surface area (Å²) in [4.78, 5) is 11.1. The summed E-state index contributed by atoms with van der Waals surface area (Å²) in [5.41, 5.74) is 10.3. The van der Waals surface area contributed by atoms with Gasteiger partial charge in [0.05, 0.1) is 11.6 Å². The third-order valence-electron chi connectivity index (χ3n) is 2.91. The van der Waals surface area contributed by atoms with Crippen molar-refractivity contribution in [3.8, 4) is 0 Å². The fraction of sp³-hybridized carbons (Fsp3) is 0.556. The molecule has 14 heavy (non-hydrogen) atoms. The molecule has 1 aromatic heterocycles. The Labute approximate surface area is 82.1 Å². The Morgan fingerprint density at radius 3 is 2.93 bits per heavy atom. The van der Waals surface area contributed by atoms with Gasteiger partial charge >= 0.3 is 0 Å². The van der Waals surface area contributed by atoms with Crippen molar-refractivity contribution >= 4 is 5.91 Å². The molecule has 2 unspecified atom stereocenters. The molecule has 0 saturated heterocycles. The fourth-order valence-corrected chi connectivity index (χ4v) is 1.99. The van der Waals surface area contributed by atoms with Crippen LogP contribution in [0, 0.1) is 0 Å². The van der Waals surface area contributed by atoms with Crippen molar-refractivity contribution in [1.82, 2.24) is 9.78 Å². The first-order valence-electron chi connectivity index (χ1n) is 4.70. The van der Waals surface area contributed by atoms with E-state index in [0.717, 1.165) is 6.42 Å². The van der Waals surface area contributed by atoms with Gasteiger partial charge in [-0.15, -0.1) is 0 Å². The molecule has 1 aliphatic rings. The van der Waals surface area contributed by atoms with Gasteiger partial charge in [0.2, 0.25) is 5.91 Å². The van der Waals surface area contributed by atoms with E-state index in [-0.39, 0.29) is 6.04 Å². The largest absolute Gasteiger partial charge is 0.368 e. The molecule has 1 amide bonds. The van der Waals surface area contributed by atoms with Crippen LogP contribution in [0.15, 0.2) is 18.5 Å². The second kappa shape index (κ2) is 3.09. The Morgan fingerprint density at radius 2 is 2.43 bits per heavy atom. The third-order valence-corrected chi connectivity index (χ3v) is 2.91. The molecule has 0 bridgehead atoms. The van der Waals surface area contributed by atoms with E-state index >= 15 is 0 Å². The molecule has 1 fully saturated rings. The third kappa shape index (κ3) is 1.39. The van der Waals surface area contributed by atoms with Gasteiger partial charge in [0.15, 0.2) is 0 Å². The summed E-state index contributed by atoms with van der Waals surface area (Å²) in [6.45, 7) is 0. The summed E-state index contributed by atoms with van der Waals surface area (Å²) in [6, 6.07) is 2.07. The Balaban J connectivity index is 2.12. The lowest BCUT2D eigenvalue weighted by atomic mass is 9.98. The molecule has 0 aliphatic heterocycles.